The molecule has 0 aromatic carbocycles. The maximum absolute atomic E-state index is 11.9. The van der Waals surface area contributed by atoms with E-state index < -0.39 is 61.0 Å². The minimum Gasteiger partial charge on any atom is -0.462 e. The van der Waals surface area contributed by atoms with Gasteiger partial charge in [0.2, 0.25) is 0 Å². The van der Waals surface area contributed by atoms with E-state index in [-0.39, 0.29) is 36.6 Å². The number of ether oxygens (including phenoxy) is 7. The first-order valence-corrected chi connectivity index (χ1v) is 12.7. The standard InChI is InChI=1S/C25H40O11/c1-11-12(2)30-19(8-18(11)33-15(5)26)20-9-22(35-17(7)28)25(14(4)31-20)36-23-10-21(34-16(6)27)24(29)13(3)32-23/h11-14,18-25,29H,8-10H2,1-7H3/t11?,12?,13?,14?,18-,19-,20+,21-,22-,23-,24?,25?/m1/s1. The average Bonchev–Trinajstić information content (AvgIpc) is 2.75. The van der Waals surface area contributed by atoms with Gasteiger partial charge in [-0.15, -0.1) is 0 Å². The summed E-state index contributed by atoms with van der Waals surface area (Å²) < 4.78 is 40.9. The van der Waals surface area contributed by atoms with Gasteiger partial charge >= 0.3 is 17.9 Å². The maximum atomic E-state index is 11.9. The lowest BCUT2D eigenvalue weighted by atomic mass is 9.86. The molecule has 3 fully saturated rings. The molecule has 0 radical (unpaired) electrons. The van der Waals surface area contributed by atoms with E-state index in [1.54, 1.807) is 6.92 Å². The fourth-order valence-electron chi connectivity index (χ4n) is 5.25. The molecule has 0 aromatic heterocycles. The lowest BCUT2D eigenvalue weighted by molar-refractivity contribution is -0.302. The highest BCUT2D eigenvalue weighted by molar-refractivity contribution is 5.66. The number of esters is 3. The predicted octanol–water partition coefficient (Wildman–Crippen LogP) is 1.65. The van der Waals surface area contributed by atoms with Crippen LogP contribution in [0.5, 0.6) is 0 Å². The van der Waals surface area contributed by atoms with Crippen molar-refractivity contribution < 1.29 is 52.6 Å². The van der Waals surface area contributed by atoms with Crippen LogP contribution in [0.2, 0.25) is 0 Å². The first-order valence-electron chi connectivity index (χ1n) is 12.7. The molecule has 3 rings (SSSR count). The Morgan fingerprint density at radius 3 is 1.75 bits per heavy atom. The monoisotopic (exact) mass is 516 g/mol. The molecule has 0 spiro atoms. The Morgan fingerprint density at radius 2 is 1.17 bits per heavy atom. The molecule has 0 saturated carbocycles. The number of aliphatic hydroxyl groups excluding tert-OH is 1. The fraction of sp³-hybridized carbons (Fsp3) is 0.880. The van der Waals surface area contributed by atoms with E-state index in [4.69, 9.17) is 33.2 Å². The van der Waals surface area contributed by atoms with Crippen molar-refractivity contribution in [1.82, 2.24) is 0 Å². The molecule has 11 heteroatoms. The zero-order valence-corrected chi connectivity index (χ0v) is 22.1. The van der Waals surface area contributed by atoms with E-state index in [9.17, 15) is 19.5 Å². The molecule has 0 aliphatic carbocycles. The number of aliphatic hydroxyl groups is 1. The van der Waals surface area contributed by atoms with Crippen LogP contribution in [0.1, 0.15) is 67.7 Å². The fourth-order valence-corrected chi connectivity index (χ4v) is 5.25. The Hall–Kier alpha value is -1.79. The van der Waals surface area contributed by atoms with Crippen LogP contribution < -0.4 is 0 Å². The second kappa shape index (κ2) is 12.2. The average molecular weight is 517 g/mol. The van der Waals surface area contributed by atoms with E-state index in [0.717, 1.165) is 0 Å². The van der Waals surface area contributed by atoms with Crippen molar-refractivity contribution in [3.63, 3.8) is 0 Å². The van der Waals surface area contributed by atoms with Crippen molar-refractivity contribution in [2.45, 2.75) is 135 Å². The minimum atomic E-state index is -0.986. The second-order valence-electron chi connectivity index (χ2n) is 10.1. The SMILES string of the molecule is CC(=O)O[C@@H]1C[C@H]([C@@H]2C[C@@H](OC(C)=O)C(O[C@@H]3C[C@@H](OC(C)=O)C(O)C(C)O3)C(C)O2)OC(C)C1C. The van der Waals surface area contributed by atoms with Crippen molar-refractivity contribution in [1.29, 1.82) is 0 Å². The molecule has 0 amide bonds. The van der Waals surface area contributed by atoms with E-state index in [2.05, 4.69) is 0 Å². The Labute approximate surface area is 212 Å². The van der Waals surface area contributed by atoms with Crippen LogP contribution in [0.25, 0.3) is 0 Å². The molecule has 206 valence electrons. The number of hydrogen-bond donors (Lipinski definition) is 1. The first-order chi connectivity index (χ1) is 16.8. The van der Waals surface area contributed by atoms with Crippen molar-refractivity contribution in [2.24, 2.45) is 5.92 Å². The van der Waals surface area contributed by atoms with Gasteiger partial charge < -0.3 is 38.3 Å². The van der Waals surface area contributed by atoms with Crippen molar-refractivity contribution in [2.75, 3.05) is 0 Å². The highest BCUT2D eigenvalue weighted by Crippen LogP contribution is 2.36. The summed E-state index contributed by atoms with van der Waals surface area (Å²) in [6.45, 7) is 11.4. The Bertz CT molecular complexity index is 788. The van der Waals surface area contributed by atoms with Gasteiger partial charge in [0.25, 0.3) is 0 Å². The summed E-state index contributed by atoms with van der Waals surface area (Å²) >= 11 is 0. The summed E-state index contributed by atoms with van der Waals surface area (Å²) in [4.78, 5) is 35.0. The minimum absolute atomic E-state index is 0.0254. The normalized spacial score (nSPS) is 43.3. The lowest BCUT2D eigenvalue weighted by Crippen LogP contribution is -2.58. The second-order valence-corrected chi connectivity index (χ2v) is 10.1. The molecule has 36 heavy (non-hydrogen) atoms. The molecule has 3 aliphatic heterocycles. The van der Waals surface area contributed by atoms with Gasteiger partial charge in [0, 0.05) is 46.0 Å². The molecule has 3 aliphatic rings. The van der Waals surface area contributed by atoms with Gasteiger partial charge in [0.15, 0.2) is 6.29 Å². The molecule has 0 bridgehead atoms. The van der Waals surface area contributed by atoms with Crippen LogP contribution in [0.3, 0.4) is 0 Å². The molecule has 3 heterocycles. The van der Waals surface area contributed by atoms with Crippen molar-refractivity contribution in [3.8, 4) is 0 Å². The quantitative estimate of drug-likeness (QED) is 0.408. The third kappa shape index (κ3) is 7.16. The van der Waals surface area contributed by atoms with Gasteiger partial charge in [-0.25, -0.2) is 0 Å². The Kier molecular flexibility index (Phi) is 9.73. The van der Waals surface area contributed by atoms with E-state index >= 15 is 0 Å². The summed E-state index contributed by atoms with van der Waals surface area (Å²) in [5, 5.41) is 10.3. The number of carbonyl (C=O) groups is 3. The summed E-state index contributed by atoms with van der Waals surface area (Å²) in [6, 6.07) is 0. The zero-order chi connectivity index (χ0) is 26.7. The van der Waals surface area contributed by atoms with Crippen molar-refractivity contribution in [3.05, 3.63) is 0 Å². The highest BCUT2D eigenvalue weighted by atomic mass is 16.7. The smallest absolute Gasteiger partial charge is 0.302 e. The van der Waals surface area contributed by atoms with E-state index in [1.165, 1.54) is 20.8 Å². The molecule has 12 atom stereocenters. The number of rotatable bonds is 6. The molecule has 0 aromatic rings. The molecule has 3 saturated heterocycles. The topological polar surface area (TPSA) is 136 Å². The summed E-state index contributed by atoms with van der Waals surface area (Å²) in [6.07, 6.45) is -5.38. The van der Waals surface area contributed by atoms with Gasteiger partial charge in [-0.05, 0) is 20.8 Å². The van der Waals surface area contributed by atoms with E-state index in [1.807, 2.05) is 20.8 Å². The Morgan fingerprint density at radius 1 is 0.667 bits per heavy atom. The molecular formula is C25H40O11. The summed E-state index contributed by atoms with van der Waals surface area (Å²) in [5.74, 6) is -1.29. The van der Waals surface area contributed by atoms with Crippen LogP contribution in [-0.4, -0.2) is 90.3 Å². The number of carbonyl (C=O) groups excluding carboxylic acids is 3. The number of hydrogen-bond acceptors (Lipinski definition) is 11. The van der Waals surface area contributed by atoms with Crippen LogP contribution in [0.4, 0.5) is 0 Å². The van der Waals surface area contributed by atoms with Crippen molar-refractivity contribution >= 4 is 17.9 Å². The molecule has 1 N–H and O–H groups in total. The lowest BCUT2D eigenvalue weighted by Gasteiger charge is -2.47. The molecular weight excluding hydrogens is 476 g/mol. The Balaban J connectivity index is 1.72. The van der Waals surface area contributed by atoms with E-state index in [0.29, 0.717) is 12.8 Å². The largest absolute Gasteiger partial charge is 0.462 e. The maximum Gasteiger partial charge on any atom is 0.302 e. The molecule has 6 unspecified atom stereocenters. The van der Waals surface area contributed by atoms with Gasteiger partial charge in [-0.3, -0.25) is 14.4 Å². The van der Waals surface area contributed by atoms with Crippen LogP contribution in [-0.2, 0) is 47.5 Å². The van der Waals surface area contributed by atoms with Crippen LogP contribution in [0.15, 0.2) is 0 Å². The van der Waals surface area contributed by atoms with Crippen LogP contribution >= 0.6 is 0 Å². The zero-order valence-electron chi connectivity index (χ0n) is 22.1. The third-order valence-corrected chi connectivity index (χ3v) is 7.19. The third-order valence-electron chi connectivity index (χ3n) is 7.19. The van der Waals surface area contributed by atoms with Gasteiger partial charge in [-0.1, -0.05) is 6.92 Å². The van der Waals surface area contributed by atoms with Gasteiger partial charge in [-0.2, -0.15) is 0 Å². The van der Waals surface area contributed by atoms with Crippen LogP contribution in [0, 0.1) is 5.92 Å². The van der Waals surface area contributed by atoms with Gasteiger partial charge in [0.05, 0.1) is 30.5 Å². The summed E-state index contributed by atoms with van der Waals surface area (Å²) in [5.41, 5.74) is 0. The summed E-state index contributed by atoms with van der Waals surface area (Å²) in [7, 11) is 0. The highest BCUT2D eigenvalue weighted by Gasteiger charge is 2.48. The molecule has 11 nitrogen and oxygen atoms in total. The predicted molar refractivity (Wildman–Crippen MR) is 124 cm³/mol. The first kappa shape index (κ1) is 28.8. The van der Waals surface area contributed by atoms with Gasteiger partial charge in [0.1, 0.15) is 30.5 Å².